The molecule has 3 heterocycles. The molecule has 40 heavy (non-hydrogen) atoms. The van der Waals surface area contributed by atoms with Crippen molar-refractivity contribution in [3.63, 3.8) is 0 Å². The van der Waals surface area contributed by atoms with E-state index in [-0.39, 0.29) is 11.8 Å². The number of aryl methyl sites for hydroxylation is 1. The lowest BCUT2D eigenvalue weighted by Gasteiger charge is -2.27. The predicted octanol–water partition coefficient (Wildman–Crippen LogP) is 5.60. The van der Waals surface area contributed by atoms with Gasteiger partial charge in [0.2, 0.25) is 18.9 Å². The van der Waals surface area contributed by atoms with E-state index in [4.69, 9.17) is 11.6 Å². The Bertz CT molecular complexity index is 1600. The molecule has 1 amide bonds. The molecule has 13 heteroatoms. The molecule has 1 N–H and O–H groups in total. The topological polar surface area (TPSA) is 103 Å². The Morgan fingerprint density at radius 2 is 2.20 bits per heavy atom. The van der Waals surface area contributed by atoms with E-state index < -0.39 is 18.3 Å². The molecule has 4 aromatic rings. The first-order valence-electron chi connectivity index (χ1n) is 12.9. The van der Waals surface area contributed by atoms with Gasteiger partial charge in [-0.15, -0.1) is 10.2 Å². The van der Waals surface area contributed by atoms with E-state index in [0.29, 0.717) is 54.7 Å². The van der Waals surface area contributed by atoms with E-state index in [1.54, 1.807) is 10.9 Å². The van der Waals surface area contributed by atoms with E-state index in [9.17, 15) is 13.6 Å². The maximum Gasteiger partial charge on any atom is 0.239 e. The molecule has 0 saturated heterocycles. The van der Waals surface area contributed by atoms with Crippen LogP contribution in [-0.2, 0) is 17.6 Å². The van der Waals surface area contributed by atoms with Crippen molar-refractivity contribution in [2.75, 3.05) is 13.6 Å². The summed E-state index contributed by atoms with van der Waals surface area (Å²) >= 11 is 5.02. The molecule has 1 aliphatic carbocycles. The Morgan fingerprint density at radius 1 is 1.38 bits per heavy atom. The number of fused-ring (bicyclic) bond motifs is 1. The zero-order valence-electron chi connectivity index (χ0n) is 22.0. The minimum absolute atomic E-state index is 0.0168. The standard InChI is InChI=1S/C27H27BrF2N8OS/c1-15-35-36-25(40-15)19-5-4-18(11-17(19)7-9-31-2)38-24-20(23(28)37-38)14-33-22(34-24)10-16-6-8-27(12-16,13-21(29)30)26(39)32-3/h4-5,11,14,16,21H,6-10,12-13H2,1,3H3,(H,32,39)/t16-,27+/m0/s1. The smallest absolute Gasteiger partial charge is 0.239 e. The number of aromatic nitrogens is 6. The van der Waals surface area contributed by atoms with E-state index in [1.807, 2.05) is 25.1 Å². The number of rotatable bonds is 9. The summed E-state index contributed by atoms with van der Waals surface area (Å²) in [5, 5.41) is 18.1. The van der Waals surface area contributed by atoms with Crippen molar-refractivity contribution < 1.29 is 13.6 Å². The zero-order chi connectivity index (χ0) is 28.4. The number of benzene rings is 1. The van der Waals surface area contributed by atoms with Gasteiger partial charge in [0.05, 0.1) is 16.5 Å². The molecule has 3 aromatic heterocycles. The second kappa shape index (κ2) is 11.6. The average molecular weight is 630 g/mol. The Labute approximate surface area is 242 Å². The van der Waals surface area contributed by atoms with Gasteiger partial charge in [0.1, 0.15) is 20.4 Å². The third-order valence-corrected chi connectivity index (χ3v) is 8.91. The summed E-state index contributed by atoms with van der Waals surface area (Å²) in [6, 6.07) is 5.90. The fraction of sp³-hybridized carbons (Fsp3) is 0.444. The number of carbonyl (C=O) groups is 1. The van der Waals surface area contributed by atoms with Gasteiger partial charge in [-0.05, 0) is 71.8 Å². The lowest BCUT2D eigenvalue weighted by molar-refractivity contribution is -0.133. The van der Waals surface area contributed by atoms with Crippen molar-refractivity contribution >= 4 is 44.2 Å². The van der Waals surface area contributed by atoms with Gasteiger partial charge in [-0.1, -0.05) is 11.3 Å². The molecule has 0 aliphatic heterocycles. The number of halogens is 3. The van der Waals surface area contributed by atoms with E-state index in [2.05, 4.69) is 46.4 Å². The van der Waals surface area contributed by atoms with Crippen molar-refractivity contribution in [1.82, 2.24) is 35.3 Å². The van der Waals surface area contributed by atoms with Crippen LogP contribution < -0.4 is 5.32 Å². The highest BCUT2D eigenvalue weighted by Gasteiger charge is 2.46. The van der Waals surface area contributed by atoms with Gasteiger partial charge in [0, 0.05) is 38.1 Å². The van der Waals surface area contributed by atoms with Crippen molar-refractivity contribution in [1.29, 1.82) is 0 Å². The highest BCUT2D eigenvalue weighted by molar-refractivity contribution is 9.10. The molecule has 0 bridgehead atoms. The van der Waals surface area contributed by atoms with Crippen molar-refractivity contribution in [3.05, 3.63) is 56.8 Å². The number of nitrogens with zero attached hydrogens (tertiary/aromatic N) is 7. The molecule has 2 atom stereocenters. The van der Waals surface area contributed by atoms with Crippen LogP contribution in [0.1, 0.15) is 42.1 Å². The lowest BCUT2D eigenvalue weighted by Crippen LogP contribution is -2.39. The van der Waals surface area contributed by atoms with Crippen LogP contribution in [0.25, 0.3) is 32.1 Å². The first-order valence-corrected chi connectivity index (χ1v) is 14.5. The van der Waals surface area contributed by atoms with Crippen LogP contribution in [0.15, 0.2) is 29.0 Å². The molecular formula is C27H27BrF2N8OS. The molecule has 0 spiro atoms. The summed E-state index contributed by atoms with van der Waals surface area (Å²) in [6.45, 7) is 9.51. The van der Waals surface area contributed by atoms with E-state index in [0.717, 1.165) is 32.2 Å². The summed E-state index contributed by atoms with van der Waals surface area (Å²) < 4.78 is 29.0. The van der Waals surface area contributed by atoms with Crippen molar-refractivity contribution in [2.45, 2.75) is 51.9 Å². The Kier molecular flexibility index (Phi) is 8.19. The number of carbonyl (C=O) groups excluding carboxylic acids is 1. The monoisotopic (exact) mass is 628 g/mol. The molecule has 1 aromatic carbocycles. The third kappa shape index (κ3) is 5.60. The SMILES string of the molecule is [C-]#[N+]CCc1cc(-n2nc(Br)c3cnc(C[C@@H]4CC[C@@](CC(F)F)(C(=O)NC)C4)nc32)ccc1-c1nnc(C)s1. The summed E-state index contributed by atoms with van der Waals surface area (Å²) in [5.74, 6) is 0.267. The molecular weight excluding hydrogens is 602 g/mol. The number of hydrogen-bond donors (Lipinski definition) is 1. The quantitative estimate of drug-likeness (QED) is 0.242. The van der Waals surface area contributed by atoms with Crippen molar-refractivity contribution in [3.8, 4) is 16.3 Å². The van der Waals surface area contributed by atoms with Crippen LogP contribution in [0, 0.1) is 24.8 Å². The zero-order valence-corrected chi connectivity index (χ0v) is 24.4. The Hall–Kier alpha value is -3.37. The van der Waals surface area contributed by atoms with Gasteiger partial charge < -0.3 is 10.2 Å². The second-order valence-corrected chi connectivity index (χ2v) is 12.0. The fourth-order valence-corrected chi connectivity index (χ4v) is 6.80. The lowest BCUT2D eigenvalue weighted by atomic mass is 9.80. The molecule has 0 radical (unpaired) electrons. The Morgan fingerprint density at radius 3 is 2.90 bits per heavy atom. The molecule has 208 valence electrons. The van der Waals surface area contributed by atoms with Gasteiger partial charge >= 0.3 is 0 Å². The first-order chi connectivity index (χ1) is 19.2. The number of alkyl halides is 2. The molecule has 0 unspecified atom stereocenters. The maximum atomic E-state index is 13.3. The van der Waals surface area contributed by atoms with Crippen molar-refractivity contribution in [2.24, 2.45) is 11.3 Å². The van der Waals surface area contributed by atoms with E-state index >= 15 is 0 Å². The highest BCUT2D eigenvalue weighted by Crippen LogP contribution is 2.47. The highest BCUT2D eigenvalue weighted by atomic mass is 79.9. The molecule has 1 fully saturated rings. The maximum absolute atomic E-state index is 13.3. The van der Waals surface area contributed by atoms with Gasteiger partial charge in [-0.3, -0.25) is 4.79 Å². The van der Waals surface area contributed by atoms with E-state index in [1.165, 1.54) is 18.4 Å². The van der Waals surface area contributed by atoms with Gasteiger partial charge in [0.25, 0.3) is 0 Å². The van der Waals surface area contributed by atoms with Crippen LogP contribution >= 0.6 is 27.3 Å². The largest absolute Gasteiger partial charge is 0.359 e. The molecule has 1 aliphatic rings. The number of hydrogen-bond acceptors (Lipinski definition) is 7. The Balaban J connectivity index is 1.46. The normalized spacial score (nSPS) is 18.9. The van der Waals surface area contributed by atoms with Gasteiger partial charge in [-0.2, -0.15) is 5.10 Å². The fourth-order valence-electron chi connectivity index (χ4n) is 5.61. The van der Waals surface area contributed by atoms with Gasteiger partial charge in [-0.25, -0.2) is 30.0 Å². The minimum atomic E-state index is -2.54. The predicted molar refractivity (Wildman–Crippen MR) is 151 cm³/mol. The molecule has 1 saturated carbocycles. The summed E-state index contributed by atoms with van der Waals surface area (Å²) in [7, 11) is 1.49. The number of amides is 1. The van der Waals surface area contributed by atoms with Crippen LogP contribution in [-0.4, -0.2) is 55.9 Å². The number of nitrogens with one attached hydrogen (secondary N) is 1. The summed E-state index contributed by atoms with van der Waals surface area (Å²) in [4.78, 5) is 25.4. The van der Waals surface area contributed by atoms with Crippen LogP contribution in [0.4, 0.5) is 8.78 Å². The summed E-state index contributed by atoms with van der Waals surface area (Å²) in [5.41, 5.74) is 2.23. The van der Waals surface area contributed by atoms with Crippen LogP contribution in [0.2, 0.25) is 0 Å². The molecule has 5 rings (SSSR count). The minimum Gasteiger partial charge on any atom is -0.359 e. The second-order valence-electron chi connectivity index (χ2n) is 10.1. The van der Waals surface area contributed by atoms with Gasteiger partial charge in [0.15, 0.2) is 5.65 Å². The molecule has 9 nitrogen and oxygen atoms in total. The van der Waals surface area contributed by atoms with Crippen LogP contribution in [0.5, 0.6) is 0 Å². The van der Waals surface area contributed by atoms with Crippen LogP contribution in [0.3, 0.4) is 0 Å². The average Bonchev–Trinajstić information content (AvgIpc) is 3.64. The first kappa shape index (κ1) is 28.2. The third-order valence-electron chi connectivity index (χ3n) is 7.45. The summed E-state index contributed by atoms with van der Waals surface area (Å²) in [6.07, 6.45) is 1.21.